The number of piperazine rings is 1. The Balaban J connectivity index is 1.81. The number of aryl methyl sites for hydroxylation is 2. The van der Waals surface area contributed by atoms with E-state index in [0.717, 1.165) is 31.6 Å². The number of nitrogens with one attached hydrogen (secondary N) is 1. The molecule has 0 atom stereocenters. The zero-order valence-corrected chi connectivity index (χ0v) is 19.1. The first-order valence-corrected chi connectivity index (χ1v) is 11.2. The standard InChI is InChI=1S/C23H30N6O3/c1-5-7-17-20-21(26-25-17)23(31)29(15(3)24-20)18-14-16(8-9-19(18)32-6-2)22(30)28-12-10-27(4)11-13-28/h8-9,14H,5-7,10-13H2,1-4H3,(H,25,26). The van der Waals surface area contributed by atoms with Gasteiger partial charge in [0.25, 0.3) is 11.5 Å². The van der Waals surface area contributed by atoms with Gasteiger partial charge in [0.1, 0.15) is 22.6 Å². The predicted octanol–water partition coefficient (Wildman–Crippen LogP) is 2.16. The summed E-state index contributed by atoms with van der Waals surface area (Å²) in [5.41, 5.74) is 2.53. The minimum Gasteiger partial charge on any atom is -0.492 e. The molecule has 1 aliphatic rings. The van der Waals surface area contributed by atoms with Crippen molar-refractivity contribution in [3.8, 4) is 11.4 Å². The van der Waals surface area contributed by atoms with Crippen molar-refractivity contribution in [2.75, 3.05) is 39.8 Å². The molecule has 3 heterocycles. The fourth-order valence-corrected chi connectivity index (χ4v) is 4.10. The third-order valence-electron chi connectivity index (χ3n) is 5.85. The molecule has 0 saturated carbocycles. The second-order valence-corrected chi connectivity index (χ2v) is 8.15. The Bertz CT molecular complexity index is 1190. The normalized spacial score (nSPS) is 14.8. The number of carbonyl (C=O) groups excluding carboxylic acids is 1. The number of aromatic amines is 1. The first kappa shape index (κ1) is 22.0. The minimum atomic E-state index is -0.257. The number of benzene rings is 1. The highest BCUT2D eigenvalue weighted by molar-refractivity contribution is 5.95. The number of hydrogen-bond acceptors (Lipinski definition) is 6. The van der Waals surface area contributed by atoms with Gasteiger partial charge < -0.3 is 14.5 Å². The van der Waals surface area contributed by atoms with E-state index >= 15 is 0 Å². The van der Waals surface area contributed by atoms with Crippen molar-refractivity contribution in [3.05, 3.63) is 45.6 Å². The molecule has 1 aromatic carbocycles. The Morgan fingerprint density at radius 3 is 2.62 bits per heavy atom. The van der Waals surface area contributed by atoms with Crippen molar-refractivity contribution in [2.24, 2.45) is 0 Å². The maximum Gasteiger partial charge on any atom is 0.284 e. The lowest BCUT2D eigenvalue weighted by molar-refractivity contribution is 0.0664. The molecule has 0 unspecified atom stereocenters. The molecule has 1 saturated heterocycles. The van der Waals surface area contributed by atoms with Crippen LogP contribution in [-0.2, 0) is 6.42 Å². The van der Waals surface area contributed by atoms with Crippen LogP contribution in [0, 0.1) is 6.92 Å². The van der Waals surface area contributed by atoms with E-state index in [1.54, 1.807) is 25.1 Å². The van der Waals surface area contributed by atoms with Crippen LogP contribution in [0.4, 0.5) is 0 Å². The van der Waals surface area contributed by atoms with Gasteiger partial charge in [0.2, 0.25) is 0 Å². The van der Waals surface area contributed by atoms with Crippen LogP contribution in [0.2, 0.25) is 0 Å². The van der Waals surface area contributed by atoms with Crippen LogP contribution in [0.25, 0.3) is 16.7 Å². The molecule has 0 bridgehead atoms. The largest absolute Gasteiger partial charge is 0.492 e. The van der Waals surface area contributed by atoms with E-state index in [1.807, 2.05) is 11.8 Å². The second kappa shape index (κ2) is 9.12. The molecule has 32 heavy (non-hydrogen) atoms. The quantitative estimate of drug-likeness (QED) is 0.634. The van der Waals surface area contributed by atoms with E-state index in [9.17, 15) is 9.59 Å². The summed E-state index contributed by atoms with van der Waals surface area (Å²) >= 11 is 0. The molecule has 1 N–H and O–H groups in total. The number of nitrogens with zero attached hydrogens (tertiary/aromatic N) is 5. The van der Waals surface area contributed by atoms with Gasteiger partial charge in [0.05, 0.1) is 18.0 Å². The number of amides is 1. The lowest BCUT2D eigenvalue weighted by Gasteiger charge is -2.32. The number of hydrogen-bond donors (Lipinski definition) is 1. The third-order valence-corrected chi connectivity index (χ3v) is 5.85. The molecule has 1 fully saturated rings. The van der Waals surface area contributed by atoms with Crippen molar-refractivity contribution in [3.63, 3.8) is 0 Å². The van der Waals surface area contributed by atoms with E-state index in [4.69, 9.17) is 4.74 Å². The average molecular weight is 439 g/mol. The Morgan fingerprint density at radius 2 is 1.94 bits per heavy atom. The van der Waals surface area contributed by atoms with Gasteiger partial charge in [-0.05, 0) is 45.5 Å². The molecule has 9 heteroatoms. The zero-order chi connectivity index (χ0) is 22.8. The van der Waals surface area contributed by atoms with Gasteiger partial charge in [0, 0.05) is 31.7 Å². The van der Waals surface area contributed by atoms with Gasteiger partial charge in [-0.15, -0.1) is 0 Å². The van der Waals surface area contributed by atoms with E-state index in [1.165, 1.54) is 4.57 Å². The summed E-state index contributed by atoms with van der Waals surface area (Å²) in [6.45, 7) is 9.21. The van der Waals surface area contributed by atoms with Gasteiger partial charge in [0.15, 0.2) is 0 Å². The summed E-state index contributed by atoms with van der Waals surface area (Å²) in [6, 6.07) is 5.25. The smallest absolute Gasteiger partial charge is 0.284 e. The summed E-state index contributed by atoms with van der Waals surface area (Å²) in [5.74, 6) is 1.00. The van der Waals surface area contributed by atoms with Crippen LogP contribution in [0.15, 0.2) is 23.0 Å². The van der Waals surface area contributed by atoms with Gasteiger partial charge in [-0.1, -0.05) is 13.3 Å². The van der Waals surface area contributed by atoms with Crippen LogP contribution < -0.4 is 10.3 Å². The summed E-state index contributed by atoms with van der Waals surface area (Å²) in [7, 11) is 2.05. The maximum absolute atomic E-state index is 13.4. The van der Waals surface area contributed by atoms with E-state index in [0.29, 0.717) is 53.6 Å². The average Bonchev–Trinajstić information content (AvgIpc) is 3.18. The van der Waals surface area contributed by atoms with E-state index in [-0.39, 0.29) is 11.5 Å². The van der Waals surface area contributed by atoms with E-state index in [2.05, 4.69) is 34.1 Å². The van der Waals surface area contributed by atoms with Crippen molar-refractivity contribution in [1.82, 2.24) is 29.5 Å². The molecule has 4 rings (SSSR count). The molecule has 0 radical (unpaired) electrons. The van der Waals surface area contributed by atoms with Crippen molar-refractivity contribution in [2.45, 2.75) is 33.6 Å². The van der Waals surface area contributed by atoms with Gasteiger partial charge >= 0.3 is 0 Å². The van der Waals surface area contributed by atoms with E-state index < -0.39 is 0 Å². The maximum atomic E-state index is 13.4. The topological polar surface area (TPSA) is 96.3 Å². The Hall–Kier alpha value is -3.20. The van der Waals surface area contributed by atoms with Gasteiger partial charge in [-0.3, -0.25) is 19.3 Å². The molecule has 2 aromatic heterocycles. The minimum absolute atomic E-state index is 0.0473. The summed E-state index contributed by atoms with van der Waals surface area (Å²) < 4.78 is 7.31. The molecule has 1 aliphatic heterocycles. The number of rotatable bonds is 6. The Morgan fingerprint density at radius 1 is 1.19 bits per heavy atom. The molecular formula is C23H30N6O3. The first-order chi connectivity index (χ1) is 15.4. The highest BCUT2D eigenvalue weighted by atomic mass is 16.5. The molecule has 9 nitrogen and oxygen atoms in total. The fourth-order valence-electron chi connectivity index (χ4n) is 4.10. The Labute approximate surface area is 187 Å². The number of H-pyrrole nitrogens is 1. The van der Waals surface area contributed by atoms with Crippen LogP contribution in [0.3, 0.4) is 0 Å². The van der Waals surface area contributed by atoms with Gasteiger partial charge in [-0.25, -0.2) is 4.98 Å². The molecule has 0 aliphatic carbocycles. The number of ether oxygens (including phenoxy) is 1. The molecule has 0 spiro atoms. The Kier molecular flexibility index (Phi) is 6.27. The SMILES string of the molecule is CCCc1n[nH]c2c(=O)n(-c3cc(C(=O)N4CCN(C)CC4)ccc3OCC)c(C)nc12. The first-order valence-electron chi connectivity index (χ1n) is 11.2. The number of fused-ring (bicyclic) bond motifs is 1. The molecule has 1 amide bonds. The summed E-state index contributed by atoms with van der Waals surface area (Å²) in [4.78, 5) is 35.3. The number of likely N-dealkylation sites (N-methyl/N-ethyl adjacent to an activating group) is 1. The van der Waals surface area contributed by atoms with Crippen molar-refractivity contribution < 1.29 is 9.53 Å². The monoisotopic (exact) mass is 438 g/mol. The lowest BCUT2D eigenvalue weighted by atomic mass is 10.1. The lowest BCUT2D eigenvalue weighted by Crippen LogP contribution is -2.47. The molecule has 170 valence electrons. The number of carbonyl (C=O) groups is 1. The van der Waals surface area contributed by atoms with Crippen LogP contribution >= 0.6 is 0 Å². The van der Waals surface area contributed by atoms with Crippen LogP contribution in [-0.4, -0.2) is 75.3 Å². The number of aromatic nitrogens is 4. The summed E-state index contributed by atoms with van der Waals surface area (Å²) in [6.07, 6.45) is 1.66. The van der Waals surface area contributed by atoms with Crippen LogP contribution in [0.5, 0.6) is 5.75 Å². The zero-order valence-electron chi connectivity index (χ0n) is 19.1. The molecule has 3 aromatic rings. The summed E-state index contributed by atoms with van der Waals surface area (Å²) in [5, 5.41) is 7.15. The fraction of sp³-hybridized carbons (Fsp3) is 0.478. The second-order valence-electron chi connectivity index (χ2n) is 8.15. The highest BCUT2D eigenvalue weighted by Gasteiger charge is 2.23. The third kappa shape index (κ3) is 4.00. The van der Waals surface area contributed by atoms with Crippen molar-refractivity contribution >= 4 is 16.9 Å². The highest BCUT2D eigenvalue weighted by Crippen LogP contribution is 2.26. The predicted molar refractivity (Wildman–Crippen MR) is 123 cm³/mol. The van der Waals surface area contributed by atoms with Crippen molar-refractivity contribution in [1.29, 1.82) is 0 Å². The van der Waals surface area contributed by atoms with Gasteiger partial charge in [-0.2, -0.15) is 5.10 Å². The van der Waals surface area contributed by atoms with Crippen LogP contribution in [0.1, 0.15) is 42.1 Å². The molecular weight excluding hydrogens is 408 g/mol.